The molecular weight excluding hydrogens is 302 g/mol. The van der Waals surface area contributed by atoms with E-state index in [1.807, 2.05) is 23.1 Å². The first-order valence-corrected chi connectivity index (χ1v) is 8.41. The van der Waals surface area contributed by atoms with Gasteiger partial charge >= 0.3 is 0 Å². The number of pyridine rings is 1. The van der Waals surface area contributed by atoms with E-state index in [1.165, 1.54) is 0 Å². The van der Waals surface area contributed by atoms with Gasteiger partial charge in [0.1, 0.15) is 11.5 Å². The fourth-order valence-corrected chi connectivity index (χ4v) is 2.76. The van der Waals surface area contributed by atoms with E-state index < -0.39 is 0 Å². The lowest BCUT2D eigenvalue weighted by atomic mass is 10.0. The van der Waals surface area contributed by atoms with Gasteiger partial charge in [0.15, 0.2) is 5.82 Å². The van der Waals surface area contributed by atoms with Crippen LogP contribution in [-0.4, -0.2) is 38.3 Å². The predicted octanol–water partition coefficient (Wildman–Crippen LogP) is 2.65. The molecule has 1 aliphatic rings. The summed E-state index contributed by atoms with van der Waals surface area (Å²) in [7, 11) is 0. The van der Waals surface area contributed by atoms with Crippen LogP contribution >= 0.6 is 0 Å². The lowest BCUT2D eigenvalue weighted by molar-refractivity contribution is -0.129. The molecule has 1 amide bonds. The third-order valence-corrected chi connectivity index (χ3v) is 4.40. The Morgan fingerprint density at radius 1 is 1.38 bits per heavy atom. The molecule has 0 aromatic carbocycles. The number of aromatic nitrogens is 3. The van der Waals surface area contributed by atoms with Gasteiger partial charge in [-0.25, -0.2) is 9.97 Å². The van der Waals surface area contributed by atoms with Crippen LogP contribution in [0.25, 0.3) is 11.5 Å². The van der Waals surface area contributed by atoms with E-state index in [1.54, 1.807) is 13.1 Å². The number of carbonyl (C=O) groups is 1. The topological polar surface area (TPSA) is 71.0 Å². The molecule has 126 valence electrons. The summed E-state index contributed by atoms with van der Waals surface area (Å²) in [5.74, 6) is 1.55. The number of nitrogens with one attached hydrogen (secondary N) is 1. The molecule has 1 aliphatic heterocycles. The van der Waals surface area contributed by atoms with Crippen LogP contribution in [0.3, 0.4) is 0 Å². The van der Waals surface area contributed by atoms with Gasteiger partial charge < -0.3 is 10.2 Å². The van der Waals surface area contributed by atoms with Crippen molar-refractivity contribution in [3.05, 3.63) is 35.7 Å². The summed E-state index contributed by atoms with van der Waals surface area (Å²) in [5, 5.41) is 3.49. The van der Waals surface area contributed by atoms with E-state index in [2.05, 4.69) is 24.1 Å². The SMILES string of the molecule is CC[C@H](C)Nc1nc(-c2ccccn2)nc2c1CCN(C(C)=O)C2. The highest BCUT2D eigenvalue weighted by atomic mass is 16.2. The fraction of sp³-hybridized carbons (Fsp3) is 0.444. The van der Waals surface area contributed by atoms with Crippen LogP contribution in [-0.2, 0) is 17.8 Å². The Morgan fingerprint density at radius 2 is 2.21 bits per heavy atom. The summed E-state index contributed by atoms with van der Waals surface area (Å²) < 4.78 is 0. The smallest absolute Gasteiger partial charge is 0.219 e. The number of hydrogen-bond donors (Lipinski definition) is 1. The highest BCUT2D eigenvalue weighted by Gasteiger charge is 2.24. The first kappa shape index (κ1) is 16.4. The summed E-state index contributed by atoms with van der Waals surface area (Å²) in [4.78, 5) is 27.3. The third kappa shape index (κ3) is 3.37. The zero-order valence-corrected chi connectivity index (χ0v) is 14.4. The molecule has 0 aliphatic carbocycles. The second kappa shape index (κ2) is 6.95. The number of hydrogen-bond acceptors (Lipinski definition) is 5. The van der Waals surface area contributed by atoms with Crippen molar-refractivity contribution in [3.8, 4) is 11.5 Å². The average Bonchev–Trinajstić information content (AvgIpc) is 2.61. The van der Waals surface area contributed by atoms with E-state index in [0.29, 0.717) is 25.0 Å². The van der Waals surface area contributed by atoms with Crippen molar-refractivity contribution in [2.45, 2.75) is 46.2 Å². The Labute approximate surface area is 142 Å². The minimum absolute atomic E-state index is 0.0788. The van der Waals surface area contributed by atoms with Crippen LogP contribution in [0.5, 0.6) is 0 Å². The highest BCUT2D eigenvalue weighted by molar-refractivity contribution is 5.74. The summed E-state index contributed by atoms with van der Waals surface area (Å²) in [6.45, 7) is 7.12. The molecule has 3 heterocycles. The molecule has 3 rings (SSSR count). The van der Waals surface area contributed by atoms with Gasteiger partial charge in [-0.05, 0) is 31.9 Å². The molecule has 1 N–H and O–H groups in total. The Bertz CT molecular complexity index is 732. The van der Waals surface area contributed by atoms with Crippen molar-refractivity contribution in [1.82, 2.24) is 19.9 Å². The van der Waals surface area contributed by atoms with Crippen LogP contribution < -0.4 is 5.32 Å². The highest BCUT2D eigenvalue weighted by Crippen LogP contribution is 2.27. The Kier molecular flexibility index (Phi) is 4.74. The van der Waals surface area contributed by atoms with Gasteiger partial charge in [-0.15, -0.1) is 0 Å². The molecule has 0 saturated heterocycles. The van der Waals surface area contributed by atoms with Gasteiger partial charge in [0.25, 0.3) is 0 Å². The maximum Gasteiger partial charge on any atom is 0.219 e. The van der Waals surface area contributed by atoms with Gasteiger partial charge in [0, 0.05) is 31.3 Å². The summed E-state index contributed by atoms with van der Waals surface area (Å²) >= 11 is 0. The minimum Gasteiger partial charge on any atom is -0.367 e. The van der Waals surface area contributed by atoms with Gasteiger partial charge in [-0.2, -0.15) is 0 Å². The van der Waals surface area contributed by atoms with E-state index in [9.17, 15) is 4.79 Å². The standard InChI is InChI=1S/C18H23N5O/c1-4-12(2)20-17-14-8-10-23(13(3)24)11-16(14)21-18(22-17)15-7-5-6-9-19-15/h5-7,9,12H,4,8,10-11H2,1-3H3,(H,20,21,22)/t12-/m0/s1. The molecule has 2 aromatic rings. The first-order chi connectivity index (χ1) is 11.6. The number of carbonyl (C=O) groups excluding carboxylic acids is 1. The molecule has 0 radical (unpaired) electrons. The van der Waals surface area contributed by atoms with E-state index >= 15 is 0 Å². The van der Waals surface area contributed by atoms with Crippen molar-refractivity contribution >= 4 is 11.7 Å². The monoisotopic (exact) mass is 325 g/mol. The predicted molar refractivity (Wildman–Crippen MR) is 93.4 cm³/mol. The van der Waals surface area contributed by atoms with E-state index in [4.69, 9.17) is 9.97 Å². The van der Waals surface area contributed by atoms with Crippen molar-refractivity contribution in [1.29, 1.82) is 0 Å². The van der Waals surface area contributed by atoms with Gasteiger partial charge in [-0.3, -0.25) is 9.78 Å². The molecule has 1 atom stereocenters. The fourth-order valence-electron chi connectivity index (χ4n) is 2.76. The van der Waals surface area contributed by atoms with Crippen molar-refractivity contribution in [3.63, 3.8) is 0 Å². The third-order valence-electron chi connectivity index (χ3n) is 4.40. The molecular formula is C18H23N5O. The number of amides is 1. The summed E-state index contributed by atoms with van der Waals surface area (Å²) in [5.41, 5.74) is 2.78. The molecule has 0 fully saturated rings. The number of anilines is 1. The Hall–Kier alpha value is -2.50. The second-order valence-electron chi connectivity index (χ2n) is 6.18. The number of fused-ring (bicyclic) bond motifs is 1. The quantitative estimate of drug-likeness (QED) is 0.936. The second-order valence-corrected chi connectivity index (χ2v) is 6.18. The van der Waals surface area contributed by atoms with E-state index in [-0.39, 0.29) is 5.91 Å². The maximum absolute atomic E-state index is 11.7. The van der Waals surface area contributed by atoms with Crippen molar-refractivity contribution < 1.29 is 4.79 Å². The van der Waals surface area contributed by atoms with Crippen molar-refractivity contribution in [2.75, 3.05) is 11.9 Å². The lowest BCUT2D eigenvalue weighted by Crippen LogP contribution is -2.35. The molecule has 6 nitrogen and oxygen atoms in total. The average molecular weight is 325 g/mol. The molecule has 6 heteroatoms. The number of rotatable bonds is 4. The zero-order chi connectivity index (χ0) is 17.1. The van der Waals surface area contributed by atoms with E-state index in [0.717, 1.165) is 35.6 Å². The zero-order valence-electron chi connectivity index (χ0n) is 14.4. The van der Waals surface area contributed by atoms with Gasteiger partial charge in [0.05, 0.1) is 12.2 Å². The van der Waals surface area contributed by atoms with Crippen LogP contribution in [0.4, 0.5) is 5.82 Å². The summed E-state index contributed by atoms with van der Waals surface area (Å²) in [6.07, 6.45) is 3.52. The van der Waals surface area contributed by atoms with Crippen LogP contribution in [0, 0.1) is 0 Å². The lowest BCUT2D eigenvalue weighted by Gasteiger charge is -2.29. The van der Waals surface area contributed by atoms with Gasteiger partial charge in [-0.1, -0.05) is 13.0 Å². The Balaban J connectivity index is 2.04. The van der Waals surface area contributed by atoms with Crippen LogP contribution in [0.15, 0.2) is 24.4 Å². The maximum atomic E-state index is 11.7. The number of nitrogens with zero attached hydrogens (tertiary/aromatic N) is 4. The van der Waals surface area contributed by atoms with Crippen LogP contribution in [0.1, 0.15) is 38.4 Å². The minimum atomic E-state index is 0.0788. The van der Waals surface area contributed by atoms with Crippen LogP contribution in [0.2, 0.25) is 0 Å². The molecule has 24 heavy (non-hydrogen) atoms. The molecule has 0 unspecified atom stereocenters. The Morgan fingerprint density at radius 3 is 2.88 bits per heavy atom. The van der Waals surface area contributed by atoms with Crippen molar-refractivity contribution in [2.24, 2.45) is 0 Å². The molecule has 0 spiro atoms. The summed E-state index contributed by atoms with van der Waals surface area (Å²) in [6, 6.07) is 6.03. The first-order valence-electron chi connectivity index (χ1n) is 8.41. The normalized spacial score (nSPS) is 14.9. The molecule has 0 saturated carbocycles. The molecule has 0 bridgehead atoms. The molecule has 2 aromatic heterocycles. The largest absolute Gasteiger partial charge is 0.367 e. The van der Waals surface area contributed by atoms with Gasteiger partial charge in [0.2, 0.25) is 5.91 Å².